The third-order valence-electron chi connectivity index (χ3n) is 4.36. The highest BCUT2D eigenvalue weighted by Crippen LogP contribution is 2.39. The van der Waals surface area contributed by atoms with E-state index in [2.05, 4.69) is 38.1 Å². The van der Waals surface area contributed by atoms with E-state index in [1.54, 1.807) is 17.3 Å². The number of nitrogens with zero attached hydrogens (tertiary/aromatic N) is 4. The first-order valence-corrected chi connectivity index (χ1v) is 9.50. The predicted molar refractivity (Wildman–Crippen MR) is 103 cm³/mol. The van der Waals surface area contributed by atoms with Crippen LogP contribution in [0.4, 0.5) is 16.4 Å². The minimum absolute atomic E-state index is 0.0130. The lowest BCUT2D eigenvalue weighted by Crippen LogP contribution is -2.46. The number of rotatable bonds is 4. The van der Waals surface area contributed by atoms with Crippen LogP contribution in [0.1, 0.15) is 44.1 Å². The van der Waals surface area contributed by atoms with E-state index in [1.165, 1.54) is 0 Å². The molecule has 0 aromatic carbocycles. The average molecular weight is 420 g/mol. The summed E-state index contributed by atoms with van der Waals surface area (Å²) in [4.78, 5) is 27.6. The summed E-state index contributed by atoms with van der Waals surface area (Å²) in [6.45, 7) is 6.16. The van der Waals surface area contributed by atoms with Crippen molar-refractivity contribution in [2.75, 3.05) is 16.8 Å². The van der Waals surface area contributed by atoms with Gasteiger partial charge in [-0.15, -0.1) is 0 Å². The molecule has 0 spiro atoms. The molecule has 1 N–H and O–H groups in total. The SMILES string of the molecule is CCOC(=O)N1c2ccc(C)nc2[C@@H](Nc2ncc(Br)cn2)C[C@H]1CC. The number of halogens is 1. The fourth-order valence-corrected chi connectivity index (χ4v) is 3.38. The highest BCUT2D eigenvalue weighted by Gasteiger charge is 2.37. The molecule has 0 bridgehead atoms. The van der Waals surface area contributed by atoms with Crippen molar-refractivity contribution in [3.05, 3.63) is 40.4 Å². The molecule has 138 valence electrons. The highest BCUT2D eigenvalue weighted by molar-refractivity contribution is 9.10. The molecule has 1 aliphatic rings. The number of nitrogens with one attached hydrogen (secondary N) is 1. The van der Waals surface area contributed by atoms with E-state index in [0.29, 0.717) is 19.0 Å². The van der Waals surface area contributed by atoms with Gasteiger partial charge in [0.1, 0.15) is 0 Å². The molecule has 2 atom stereocenters. The summed E-state index contributed by atoms with van der Waals surface area (Å²) in [5.74, 6) is 0.534. The van der Waals surface area contributed by atoms with Gasteiger partial charge in [0.2, 0.25) is 5.95 Å². The van der Waals surface area contributed by atoms with Crippen molar-refractivity contribution in [3.8, 4) is 0 Å². The fraction of sp³-hybridized carbons (Fsp3) is 0.444. The maximum Gasteiger partial charge on any atom is 0.414 e. The van der Waals surface area contributed by atoms with Crippen molar-refractivity contribution in [2.24, 2.45) is 0 Å². The number of fused-ring (bicyclic) bond motifs is 1. The van der Waals surface area contributed by atoms with E-state index in [1.807, 2.05) is 26.0 Å². The number of hydrogen-bond acceptors (Lipinski definition) is 6. The molecule has 0 saturated carbocycles. The van der Waals surface area contributed by atoms with Gasteiger partial charge < -0.3 is 10.1 Å². The van der Waals surface area contributed by atoms with Crippen molar-refractivity contribution >= 4 is 33.7 Å². The second-order valence-corrected chi connectivity index (χ2v) is 7.06. The van der Waals surface area contributed by atoms with Crippen LogP contribution in [0.2, 0.25) is 0 Å². The van der Waals surface area contributed by atoms with E-state index in [0.717, 1.165) is 28.0 Å². The normalized spacial score (nSPS) is 19.0. The molecule has 3 rings (SSSR count). The molecule has 2 aromatic heterocycles. The van der Waals surface area contributed by atoms with E-state index >= 15 is 0 Å². The number of aromatic nitrogens is 3. The first-order valence-electron chi connectivity index (χ1n) is 8.71. The number of carbonyl (C=O) groups is 1. The van der Waals surface area contributed by atoms with Crippen molar-refractivity contribution in [1.29, 1.82) is 0 Å². The fourth-order valence-electron chi connectivity index (χ4n) is 3.18. The molecule has 0 aliphatic carbocycles. The Bertz CT molecular complexity index is 784. The minimum atomic E-state index is -0.329. The first kappa shape index (κ1) is 18.6. The van der Waals surface area contributed by atoms with Crippen LogP contribution in [-0.4, -0.2) is 33.7 Å². The van der Waals surface area contributed by atoms with Gasteiger partial charge in [-0.1, -0.05) is 6.92 Å². The Morgan fingerprint density at radius 2 is 2.08 bits per heavy atom. The van der Waals surface area contributed by atoms with Gasteiger partial charge >= 0.3 is 6.09 Å². The zero-order chi connectivity index (χ0) is 18.7. The smallest absolute Gasteiger partial charge is 0.414 e. The summed E-state index contributed by atoms with van der Waals surface area (Å²) in [7, 11) is 0. The van der Waals surface area contributed by atoms with Gasteiger partial charge in [-0.3, -0.25) is 9.88 Å². The Kier molecular flexibility index (Phi) is 5.70. The molecule has 1 amide bonds. The van der Waals surface area contributed by atoms with Gasteiger partial charge in [-0.25, -0.2) is 14.8 Å². The van der Waals surface area contributed by atoms with Crippen LogP contribution in [0.3, 0.4) is 0 Å². The highest BCUT2D eigenvalue weighted by atomic mass is 79.9. The lowest BCUT2D eigenvalue weighted by atomic mass is 9.93. The zero-order valence-corrected chi connectivity index (χ0v) is 16.7. The van der Waals surface area contributed by atoms with Crippen molar-refractivity contribution < 1.29 is 9.53 Å². The number of hydrogen-bond donors (Lipinski definition) is 1. The van der Waals surface area contributed by atoms with E-state index < -0.39 is 0 Å². The quantitative estimate of drug-likeness (QED) is 0.797. The van der Waals surface area contributed by atoms with Gasteiger partial charge in [0.25, 0.3) is 0 Å². The maximum absolute atomic E-state index is 12.5. The predicted octanol–water partition coefficient (Wildman–Crippen LogP) is 4.24. The molecule has 0 unspecified atom stereocenters. The first-order chi connectivity index (χ1) is 12.5. The molecule has 2 aromatic rings. The molecule has 26 heavy (non-hydrogen) atoms. The monoisotopic (exact) mass is 419 g/mol. The molecule has 7 nitrogen and oxygen atoms in total. The number of carbonyl (C=O) groups excluding carboxylic acids is 1. The van der Waals surface area contributed by atoms with Gasteiger partial charge in [0.15, 0.2) is 0 Å². The van der Waals surface area contributed by atoms with Crippen LogP contribution in [0, 0.1) is 6.92 Å². The summed E-state index contributed by atoms with van der Waals surface area (Å²) in [6, 6.07) is 3.78. The largest absolute Gasteiger partial charge is 0.449 e. The van der Waals surface area contributed by atoms with Gasteiger partial charge in [-0.2, -0.15) is 0 Å². The summed E-state index contributed by atoms with van der Waals surface area (Å²) >= 11 is 3.34. The number of pyridine rings is 1. The van der Waals surface area contributed by atoms with Crippen LogP contribution < -0.4 is 10.2 Å². The Labute approximate surface area is 161 Å². The maximum atomic E-state index is 12.5. The van der Waals surface area contributed by atoms with E-state index in [-0.39, 0.29) is 18.2 Å². The van der Waals surface area contributed by atoms with E-state index in [9.17, 15) is 4.79 Å². The Morgan fingerprint density at radius 1 is 1.35 bits per heavy atom. The van der Waals surface area contributed by atoms with Crippen molar-refractivity contribution in [3.63, 3.8) is 0 Å². The number of anilines is 2. The van der Waals surface area contributed by atoms with Crippen LogP contribution in [0.15, 0.2) is 29.0 Å². The van der Waals surface area contributed by atoms with Crippen LogP contribution in [-0.2, 0) is 4.74 Å². The van der Waals surface area contributed by atoms with Gasteiger partial charge in [-0.05, 0) is 54.8 Å². The summed E-state index contributed by atoms with van der Waals surface area (Å²) < 4.78 is 6.10. The lowest BCUT2D eigenvalue weighted by Gasteiger charge is -2.39. The Morgan fingerprint density at radius 3 is 2.73 bits per heavy atom. The third kappa shape index (κ3) is 3.80. The van der Waals surface area contributed by atoms with E-state index in [4.69, 9.17) is 9.72 Å². The van der Waals surface area contributed by atoms with Gasteiger partial charge in [0, 0.05) is 24.1 Å². The minimum Gasteiger partial charge on any atom is -0.449 e. The van der Waals surface area contributed by atoms with Crippen molar-refractivity contribution in [2.45, 2.75) is 45.7 Å². The molecule has 0 fully saturated rings. The summed E-state index contributed by atoms with van der Waals surface area (Å²) in [5.41, 5.74) is 2.49. The number of amides is 1. The Balaban J connectivity index is 1.98. The molecular weight excluding hydrogens is 398 g/mol. The molecule has 1 aliphatic heterocycles. The van der Waals surface area contributed by atoms with Crippen LogP contribution >= 0.6 is 15.9 Å². The summed E-state index contributed by atoms with van der Waals surface area (Å²) in [5, 5.41) is 3.36. The van der Waals surface area contributed by atoms with Crippen molar-refractivity contribution in [1.82, 2.24) is 15.0 Å². The standard InChI is InChI=1S/C18H22BrN5O2/c1-4-13-8-14(23-17-20-9-12(19)10-21-17)16-15(7-6-11(3)22-16)24(13)18(25)26-5-2/h6-7,9-10,13-14H,4-5,8H2,1-3H3,(H,20,21,23)/t13-,14+/m1/s1. The molecule has 3 heterocycles. The second-order valence-electron chi connectivity index (χ2n) is 6.15. The molecule has 8 heteroatoms. The number of ether oxygens (including phenoxy) is 1. The topological polar surface area (TPSA) is 80.2 Å². The number of aryl methyl sites for hydroxylation is 1. The average Bonchev–Trinajstić information content (AvgIpc) is 2.63. The van der Waals surface area contributed by atoms with Gasteiger partial charge in [0.05, 0.1) is 28.5 Å². The summed E-state index contributed by atoms with van der Waals surface area (Å²) in [6.07, 6.45) is 4.59. The lowest BCUT2D eigenvalue weighted by molar-refractivity contribution is 0.155. The molecular formula is C18H22BrN5O2. The second kappa shape index (κ2) is 7.99. The van der Waals surface area contributed by atoms with Crippen LogP contribution in [0.5, 0.6) is 0 Å². The Hall–Kier alpha value is -2.22. The third-order valence-corrected chi connectivity index (χ3v) is 4.77. The molecule has 0 radical (unpaired) electrons. The van der Waals surface area contributed by atoms with Crippen LogP contribution in [0.25, 0.3) is 0 Å². The molecule has 0 saturated heterocycles. The zero-order valence-electron chi connectivity index (χ0n) is 15.1.